The normalized spacial score (nSPS) is 10.8. The molecule has 2 N–H and O–H groups in total. The van der Waals surface area contributed by atoms with Gasteiger partial charge in [0.05, 0.1) is 32.1 Å². The van der Waals surface area contributed by atoms with Crippen molar-refractivity contribution in [3.63, 3.8) is 0 Å². The summed E-state index contributed by atoms with van der Waals surface area (Å²) < 4.78 is 11.8. The number of nitrogen functional groups attached to an aromatic ring is 1. The Morgan fingerprint density at radius 2 is 1.00 bits per heavy atom. The number of nitro benzene ring substituents is 1. The third-order valence-electron chi connectivity index (χ3n) is 8.68. The average molecular weight is 752 g/mol. The van der Waals surface area contributed by atoms with E-state index in [9.17, 15) is 10.1 Å². The molecule has 0 atom stereocenters. The number of nitro groups is 1. The van der Waals surface area contributed by atoms with E-state index in [-0.39, 0.29) is 5.69 Å². The number of pyridine rings is 2. The van der Waals surface area contributed by atoms with E-state index in [1.807, 2.05) is 117 Å². The minimum absolute atomic E-state index is 0.0146. The van der Waals surface area contributed by atoms with E-state index in [0.717, 1.165) is 60.9 Å². The van der Waals surface area contributed by atoms with Crippen LogP contribution in [0.3, 0.4) is 0 Å². The lowest BCUT2D eigenvalue weighted by Crippen LogP contribution is -1.92. The van der Waals surface area contributed by atoms with Gasteiger partial charge in [0.1, 0.15) is 23.0 Å². The van der Waals surface area contributed by atoms with Crippen LogP contribution in [0, 0.1) is 24.0 Å². The molecule has 2 aromatic heterocycles. The molecular formula is C44H32Cl2N4O4. The van der Waals surface area contributed by atoms with Crippen molar-refractivity contribution in [3.8, 4) is 45.3 Å². The summed E-state index contributed by atoms with van der Waals surface area (Å²) in [6.07, 6.45) is 3.66. The molecule has 8 nitrogen and oxygen atoms in total. The summed E-state index contributed by atoms with van der Waals surface area (Å²) in [6, 6.07) is 40.7. The predicted molar refractivity (Wildman–Crippen MR) is 218 cm³/mol. The van der Waals surface area contributed by atoms with Crippen molar-refractivity contribution in [1.29, 1.82) is 0 Å². The van der Waals surface area contributed by atoms with Gasteiger partial charge in [0.25, 0.3) is 5.69 Å². The fourth-order valence-corrected chi connectivity index (χ4v) is 6.73. The first-order valence-corrected chi connectivity index (χ1v) is 17.6. The van der Waals surface area contributed by atoms with Crippen molar-refractivity contribution in [3.05, 3.63) is 177 Å². The van der Waals surface area contributed by atoms with Crippen molar-refractivity contribution in [1.82, 2.24) is 9.97 Å². The highest BCUT2D eigenvalue weighted by molar-refractivity contribution is 6.35. The molecule has 0 saturated carbocycles. The Hall–Kier alpha value is -6.48. The van der Waals surface area contributed by atoms with Crippen molar-refractivity contribution in [2.24, 2.45) is 0 Å². The molecule has 0 spiro atoms. The molecule has 8 rings (SSSR count). The van der Waals surface area contributed by atoms with Crippen LogP contribution in [0.1, 0.15) is 11.1 Å². The number of aryl methyl sites for hydroxylation is 2. The van der Waals surface area contributed by atoms with Gasteiger partial charge in [-0.2, -0.15) is 0 Å². The summed E-state index contributed by atoms with van der Waals surface area (Å²) in [5.41, 5.74) is 14.3. The zero-order valence-corrected chi connectivity index (χ0v) is 30.7. The van der Waals surface area contributed by atoms with Crippen LogP contribution in [-0.2, 0) is 0 Å². The number of anilines is 1. The number of fused-ring (bicyclic) bond motifs is 2. The van der Waals surface area contributed by atoms with Crippen LogP contribution in [0.2, 0.25) is 10.0 Å². The molecular weight excluding hydrogens is 719 g/mol. The Morgan fingerprint density at radius 3 is 1.48 bits per heavy atom. The monoisotopic (exact) mass is 750 g/mol. The third kappa shape index (κ3) is 7.80. The minimum Gasteiger partial charge on any atom is -0.457 e. The topological polar surface area (TPSA) is 113 Å². The standard InChI is InChI=1S/C22H15ClN2O3.C22H17ClN2O/c1-14-13-24-22-19(9-4-10-20(22)23)21(14)15-5-2-7-17(11-15)28-18-8-3-6-16(12-18)25(26)27;1-14-13-25-22-19(9-4-10-20(22)23)21(14)15-5-2-7-17(11-15)26-18-8-3-6-16(24)12-18/h2-13H,1H3;2-13H,24H2,1H3. The lowest BCUT2D eigenvalue weighted by molar-refractivity contribution is -0.384. The number of halogens is 2. The Balaban J connectivity index is 0.000000167. The van der Waals surface area contributed by atoms with Gasteiger partial charge in [0.2, 0.25) is 0 Å². The van der Waals surface area contributed by atoms with Gasteiger partial charge >= 0.3 is 0 Å². The molecule has 0 amide bonds. The van der Waals surface area contributed by atoms with Crippen LogP contribution in [0.4, 0.5) is 11.4 Å². The van der Waals surface area contributed by atoms with Crippen molar-refractivity contribution in [2.75, 3.05) is 5.73 Å². The maximum atomic E-state index is 11.0. The zero-order chi connectivity index (χ0) is 37.8. The largest absolute Gasteiger partial charge is 0.457 e. The Bertz CT molecular complexity index is 2680. The number of nitrogens with zero attached hydrogens (tertiary/aromatic N) is 3. The molecule has 0 unspecified atom stereocenters. The lowest BCUT2D eigenvalue weighted by atomic mass is 9.97. The molecule has 0 fully saturated rings. The maximum absolute atomic E-state index is 11.0. The highest BCUT2D eigenvalue weighted by atomic mass is 35.5. The van der Waals surface area contributed by atoms with Crippen LogP contribution in [0.15, 0.2) is 146 Å². The summed E-state index contributed by atoms with van der Waals surface area (Å²) in [7, 11) is 0. The molecule has 8 aromatic rings. The van der Waals surface area contributed by atoms with Crippen molar-refractivity contribution in [2.45, 2.75) is 13.8 Å². The minimum atomic E-state index is -0.445. The number of nitrogens with two attached hydrogens (primary N) is 1. The first-order chi connectivity index (χ1) is 26.1. The van der Waals surface area contributed by atoms with Crippen LogP contribution < -0.4 is 15.2 Å². The van der Waals surface area contributed by atoms with Gasteiger partial charge in [-0.25, -0.2) is 0 Å². The van der Waals surface area contributed by atoms with Crippen LogP contribution in [0.5, 0.6) is 23.0 Å². The van der Waals surface area contributed by atoms with E-state index in [1.165, 1.54) is 12.1 Å². The van der Waals surface area contributed by atoms with E-state index in [4.69, 9.17) is 38.4 Å². The molecule has 0 radical (unpaired) electrons. The summed E-state index contributed by atoms with van der Waals surface area (Å²) in [5.74, 6) is 2.45. The van der Waals surface area contributed by atoms with Crippen LogP contribution in [-0.4, -0.2) is 14.9 Å². The van der Waals surface area contributed by atoms with Crippen molar-refractivity contribution < 1.29 is 14.4 Å². The first kappa shape index (κ1) is 35.9. The van der Waals surface area contributed by atoms with E-state index in [2.05, 4.69) is 16.0 Å². The van der Waals surface area contributed by atoms with Gasteiger partial charge in [0, 0.05) is 41.0 Å². The second-order valence-corrected chi connectivity index (χ2v) is 13.3. The number of rotatable bonds is 7. The van der Waals surface area contributed by atoms with E-state index in [0.29, 0.717) is 33.0 Å². The second-order valence-electron chi connectivity index (χ2n) is 12.5. The highest BCUT2D eigenvalue weighted by Gasteiger charge is 2.14. The number of hydrogen-bond acceptors (Lipinski definition) is 7. The molecule has 2 heterocycles. The molecule has 0 saturated heterocycles. The summed E-state index contributed by atoms with van der Waals surface area (Å²) in [6.45, 7) is 4.05. The molecule has 0 aliphatic heterocycles. The number of hydrogen-bond donors (Lipinski definition) is 1. The van der Waals surface area contributed by atoms with E-state index in [1.54, 1.807) is 24.4 Å². The highest BCUT2D eigenvalue weighted by Crippen LogP contribution is 2.37. The second kappa shape index (κ2) is 15.6. The first-order valence-electron chi connectivity index (χ1n) is 16.9. The van der Waals surface area contributed by atoms with Crippen molar-refractivity contribution >= 4 is 56.4 Å². The SMILES string of the molecule is Cc1cnc2c(Cl)cccc2c1-c1cccc(Oc2cccc(N)c2)c1.Cc1cnc2c(Cl)cccc2c1-c1cccc(Oc2cccc([N+](=O)[O-])c2)c1. The van der Waals surface area contributed by atoms with E-state index < -0.39 is 4.92 Å². The van der Waals surface area contributed by atoms with Crippen LogP contribution >= 0.6 is 23.2 Å². The molecule has 0 aliphatic rings. The predicted octanol–water partition coefficient (Wildman–Crippen LogP) is 12.8. The number of para-hydroxylation sites is 2. The Labute approximate surface area is 321 Å². The summed E-state index contributed by atoms with van der Waals surface area (Å²) in [4.78, 5) is 19.5. The zero-order valence-electron chi connectivity index (χ0n) is 29.2. The third-order valence-corrected chi connectivity index (χ3v) is 9.29. The van der Waals surface area contributed by atoms with Gasteiger partial charge in [-0.1, -0.05) is 83.9 Å². The van der Waals surface area contributed by atoms with Gasteiger partial charge in [0.15, 0.2) is 0 Å². The fourth-order valence-electron chi connectivity index (χ4n) is 6.28. The number of ether oxygens (including phenoxy) is 2. The smallest absolute Gasteiger partial charge is 0.273 e. The number of benzene rings is 6. The Morgan fingerprint density at radius 1 is 0.574 bits per heavy atom. The summed E-state index contributed by atoms with van der Waals surface area (Å²) in [5, 5.41) is 14.2. The van der Waals surface area contributed by atoms with Gasteiger partial charge < -0.3 is 15.2 Å². The van der Waals surface area contributed by atoms with Gasteiger partial charge in [-0.05, 0) is 102 Å². The molecule has 6 aromatic carbocycles. The van der Waals surface area contributed by atoms with Gasteiger partial charge in [-0.15, -0.1) is 0 Å². The maximum Gasteiger partial charge on any atom is 0.273 e. The molecule has 0 bridgehead atoms. The lowest BCUT2D eigenvalue weighted by Gasteiger charge is -2.13. The van der Waals surface area contributed by atoms with Crippen LogP contribution in [0.25, 0.3) is 44.1 Å². The molecule has 266 valence electrons. The number of non-ortho nitro benzene ring substituents is 1. The summed E-state index contributed by atoms with van der Waals surface area (Å²) >= 11 is 12.6. The molecule has 10 heteroatoms. The fraction of sp³-hybridized carbons (Fsp3) is 0.0455. The van der Waals surface area contributed by atoms with Gasteiger partial charge in [-0.3, -0.25) is 20.1 Å². The average Bonchev–Trinajstić information content (AvgIpc) is 3.15. The Kier molecular flexibility index (Phi) is 10.4. The molecule has 0 aliphatic carbocycles. The van der Waals surface area contributed by atoms with E-state index >= 15 is 0 Å². The molecule has 54 heavy (non-hydrogen) atoms. The quantitative estimate of drug-likeness (QED) is 0.0979. The number of aromatic nitrogens is 2.